The van der Waals surface area contributed by atoms with Crippen molar-refractivity contribution in [3.05, 3.63) is 51.4 Å². The Bertz CT molecular complexity index is 1320. The molecule has 2 amide bonds. The van der Waals surface area contributed by atoms with E-state index in [2.05, 4.69) is 17.2 Å². The molecule has 11 heteroatoms. The molecule has 0 unspecified atom stereocenters. The lowest BCUT2D eigenvalue weighted by Crippen LogP contribution is -2.28. The maximum atomic E-state index is 12.9. The molecule has 1 aromatic carbocycles. The van der Waals surface area contributed by atoms with Gasteiger partial charge in [0.05, 0.1) is 21.5 Å². The zero-order valence-electron chi connectivity index (χ0n) is 18.0. The zero-order valence-corrected chi connectivity index (χ0v) is 19.6. The van der Waals surface area contributed by atoms with Gasteiger partial charge in [0, 0.05) is 19.2 Å². The van der Waals surface area contributed by atoms with E-state index in [9.17, 15) is 22.8 Å². The molecule has 0 saturated heterocycles. The van der Waals surface area contributed by atoms with Gasteiger partial charge in [-0.25, -0.2) is 18.1 Å². The molecular weight excluding hydrogens is 452 g/mol. The van der Waals surface area contributed by atoms with Gasteiger partial charge < -0.3 is 5.32 Å². The molecule has 2 aromatic heterocycles. The van der Waals surface area contributed by atoms with Crippen LogP contribution in [0.5, 0.6) is 0 Å². The van der Waals surface area contributed by atoms with Crippen LogP contribution in [0.4, 0.5) is 5.69 Å². The standard InChI is InChI=1S/C21H24N4O5S2/c1-4-5-6-11-25-12-22-20-17(21(25)28)13(2)18(31-20)19(27)23-15-7-9-16(10-8-15)32(29,30)24-14(3)26/h7-10,12H,4-6,11H2,1-3H3,(H,23,27)(H,24,26). The van der Waals surface area contributed by atoms with Crippen LogP contribution in [0.3, 0.4) is 0 Å². The number of carbonyl (C=O) groups is 2. The van der Waals surface area contributed by atoms with Crippen molar-refractivity contribution in [2.24, 2.45) is 0 Å². The number of benzene rings is 1. The van der Waals surface area contributed by atoms with E-state index >= 15 is 0 Å². The second kappa shape index (κ2) is 9.61. The van der Waals surface area contributed by atoms with E-state index in [0.717, 1.165) is 37.5 Å². The maximum Gasteiger partial charge on any atom is 0.266 e. The lowest BCUT2D eigenvalue weighted by atomic mass is 10.2. The Kier molecular flexibility index (Phi) is 7.09. The van der Waals surface area contributed by atoms with Crippen molar-refractivity contribution in [3.8, 4) is 0 Å². The SMILES string of the molecule is CCCCCn1cnc2sc(C(=O)Nc3ccc(S(=O)(=O)NC(C)=O)cc3)c(C)c2c1=O. The summed E-state index contributed by atoms with van der Waals surface area (Å²) in [6.07, 6.45) is 4.47. The number of aromatic nitrogens is 2. The molecule has 0 saturated carbocycles. The van der Waals surface area contributed by atoms with Crippen LogP contribution in [0.15, 0.2) is 40.3 Å². The van der Waals surface area contributed by atoms with Crippen molar-refractivity contribution in [2.75, 3.05) is 5.32 Å². The Morgan fingerprint density at radius 1 is 1.16 bits per heavy atom. The molecule has 0 atom stereocenters. The Morgan fingerprint density at radius 3 is 2.47 bits per heavy atom. The van der Waals surface area contributed by atoms with Crippen molar-refractivity contribution in [3.63, 3.8) is 0 Å². The molecule has 0 spiro atoms. The van der Waals surface area contributed by atoms with Crippen LogP contribution >= 0.6 is 11.3 Å². The smallest absolute Gasteiger partial charge is 0.266 e. The van der Waals surface area contributed by atoms with Crippen molar-refractivity contribution in [2.45, 2.75) is 51.5 Å². The topological polar surface area (TPSA) is 127 Å². The van der Waals surface area contributed by atoms with E-state index in [1.54, 1.807) is 11.5 Å². The van der Waals surface area contributed by atoms with Crippen molar-refractivity contribution in [1.29, 1.82) is 0 Å². The summed E-state index contributed by atoms with van der Waals surface area (Å²) in [7, 11) is -3.95. The van der Waals surface area contributed by atoms with Gasteiger partial charge in [-0.05, 0) is 43.2 Å². The van der Waals surface area contributed by atoms with Crippen LogP contribution in [0.25, 0.3) is 10.2 Å². The molecule has 2 heterocycles. The minimum atomic E-state index is -3.95. The third-order valence-electron chi connectivity index (χ3n) is 4.83. The highest BCUT2D eigenvalue weighted by molar-refractivity contribution is 7.90. The number of nitrogens with zero attached hydrogens (tertiary/aromatic N) is 2. The number of nitrogens with one attached hydrogen (secondary N) is 2. The van der Waals surface area contributed by atoms with Gasteiger partial charge in [0.1, 0.15) is 4.83 Å². The largest absolute Gasteiger partial charge is 0.321 e. The van der Waals surface area contributed by atoms with Gasteiger partial charge in [0.25, 0.3) is 21.5 Å². The number of hydrogen-bond acceptors (Lipinski definition) is 7. The molecule has 0 aliphatic rings. The summed E-state index contributed by atoms with van der Waals surface area (Å²) in [4.78, 5) is 41.8. The number of rotatable bonds is 8. The molecule has 0 aliphatic heterocycles. The molecule has 0 radical (unpaired) electrons. The predicted molar refractivity (Wildman–Crippen MR) is 124 cm³/mol. The highest BCUT2D eigenvalue weighted by Gasteiger charge is 2.20. The van der Waals surface area contributed by atoms with E-state index < -0.39 is 21.8 Å². The zero-order chi connectivity index (χ0) is 23.5. The molecule has 2 N–H and O–H groups in total. The number of unbranched alkanes of at least 4 members (excludes halogenated alkanes) is 2. The number of sulfonamides is 1. The second-order valence-electron chi connectivity index (χ2n) is 7.33. The fraction of sp³-hybridized carbons (Fsp3) is 0.333. The van der Waals surface area contributed by atoms with Crippen molar-refractivity contribution < 1.29 is 18.0 Å². The van der Waals surface area contributed by atoms with Gasteiger partial charge in [-0.3, -0.25) is 19.0 Å². The first-order valence-electron chi connectivity index (χ1n) is 10.1. The summed E-state index contributed by atoms with van der Waals surface area (Å²) in [6.45, 7) is 5.50. The number of amides is 2. The number of thiophene rings is 1. The predicted octanol–water partition coefficient (Wildman–Crippen LogP) is 3.03. The molecule has 0 aliphatic carbocycles. The van der Waals surface area contributed by atoms with Gasteiger partial charge in [-0.2, -0.15) is 0 Å². The van der Waals surface area contributed by atoms with Gasteiger partial charge >= 0.3 is 0 Å². The average molecular weight is 477 g/mol. The number of carbonyl (C=O) groups excluding carboxylic acids is 2. The van der Waals surface area contributed by atoms with E-state index in [4.69, 9.17) is 0 Å². The number of aryl methyl sites for hydroxylation is 2. The molecule has 0 bridgehead atoms. The van der Waals surface area contributed by atoms with Gasteiger partial charge in [0.15, 0.2) is 0 Å². The van der Waals surface area contributed by atoms with Crippen LogP contribution in [0.2, 0.25) is 0 Å². The fourth-order valence-corrected chi connectivity index (χ4v) is 5.25. The Balaban J connectivity index is 1.83. The first-order valence-corrected chi connectivity index (χ1v) is 12.4. The molecule has 3 aromatic rings. The van der Waals surface area contributed by atoms with Crippen LogP contribution in [0, 0.1) is 6.92 Å². The first kappa shape index (κ1) is 23.6. The Morgan fingerprint density at radius 2 is 1.84 bits per heavy atom. The highest BCUT2D eigenvalue weighted by Crippen LogP contribution is 2.28. The summed E-state index contributed by atoms with van der Waals surface area (Å²) in [5, 5.41) is 3.15. The second-order valence-corrected chi connectivity index (χ2v) is 10.0. The Hall–Kier alpha value is -3.05. The summed E-state index contributed by atoms with van der Waals surface area (Å²) < 4.78 is 27.5. The van der Waals surface area contributed by atoms with E-state index in [-0.39, 0.29) is 10.5 Å². The minimum absolute atomic E-state index is 0.100. The van der Waals surface area contributed by atoms with Crippen LogP contribution in [-0.2, 0) is 21.4 Å². The molecular formula is C21H24N4O5S2. The Labute approximate surface area is 189 Å². The molecule has 3 rings (SSSR count). The molecule has 9 nitrogen and oxygen atoms in total. The molecule has 0 fully saturated rings. The summed E-state index contributed by atoms with van der Waals surface area (Å²) in [6, 6.07) is 5.42. The van der Waals surface area contributed by atoms with Crippen molar-refractivity contribution >= 4 is 49.1 Å². The van der Waals surface area contributed by atoms with Gasteiger partial charge in [-0.1, -0.05) is 19.8 Å². The maximum absolute atomic E-state index is 12.9. The third-order valence-corrected chi connectivity index (χ3v) is 7.47. The fourth-order valence-electron chi connectivity index (χ4n) is 3.22. The average Bonchev–Trinajstić information content (AvgIpc) is 3.06. The minimum Gasteiger partial charge on any atom is -0.321 e. The number of fused-ring (bicyclic) bond motifs is 1. The van der Waals surface area contributed by atoms with E-state index in [1.807, 2.05) is 4.72 Å². The lowest BCUT2D eigenvalue weighted by Gasteiger charge is -2.07. The number of anilines is 1. The van der Waals surface area contributed by atoms with Crippen LogP contribution < -0.4 is 15.6 Å². The lowest BCUT2D eigenvalue weighted by molar-refractivity contribution is -0.117. The third kappa shape index (κ3) is 5.05. The summed E-state index contributed by atoms with van der Waals surface area (Å²) in [5.74, 6) is -1.11. The monoisotopic (exact) mass is 476 g/mol. The summed E-state index contributed by atoms with van der Waals surface area (Å²) in [5.41, 5.74) is 0.777. The summed E-state index contributed by atoms with van der Waals surface area (Å²) >= 11 is 1.14. The first-order chi connectivity index (χ1) is 15.1. The molecule has 170 valence electrons. The number of hydrogen-bond donors (Lipinski definition) is 2. The van der Waals surface area contributed by atoms with E-state index in [0.29, 0.717) is 32.9 Å². The normalized spacial score (nSPS) is 11.5. The van der Waals surface area contributed by atoms with E-state index in [1.165, 1.54) is 30.6 Å². The van der Waals surface area contributed by atoms with Crippen molar-refractivity contribution in [1.82, 2.24) is 14.3 Å². The van der Waals surface area contributed by atoms with Crippen LogP contribution in [-0.4, -0.2) is 29.8 Å². The van der Waals surface area contributed by atoms with Gasteiger partial charge in [-0.15, -0.1) is 11.3 Å². The quantitative estimate of drug-likeness (QED) is 0.481. The highest BCUT2D eigenvalue weighted by atomic mass is 32.2. The molecule has 32 heavy (non-hydrogen) atoms. The van der Waals surface area contributed by atoms with Gasteiger partial charge in [0.2, 0.25) is 5.91 Å². The van der Waals surface area contributed by atoms with Crippen LogP contribution in [0.1, 0.15) is 48.3 Å².